The second-order valence-electron chi connectivity index (χ2n) is 6.58. The summed E-state index contributed by atoms with van der Waals surface area (Å²) in [5.41, 5.74) is 13.8. The third-order valence-corrected chi connectivity index (χ3v) is 5.42. The number of halogens is 2. The molecule has 2 nitrogen and oxygen atoms in total. The van der Waals surface area contributed by atoms with Crippen molar-refractivity contribution < 1.29 is 0 Å². The molecule has 4 rings (SSSR count). The topological polar surface area (TPSA) is 49.8 Å². The van der Waals surface area contributed by atoms with Crippen LogP contribution in [0, 0.1) is 11.3 Å². The number of nitrogens with two attached hydrogens (primary N) is 1. The largest absolute Gasteiger partial charge is 0.398 e. The highest BCUT2D eigenvalue weighted by Gasteiger charge is 2.24. The minimum atomic E-state index is 0.505. The second-order valence-corrected chi connectivity index (χ2v) is 7.45. The maximum atomic E-state index is 9.69. The van der Waals surface area contributed by atoms with Crippen LogP contribution in [0.3, 0.4) is 0 Å². The van der Waals surface area contributed by atoms with Crippen LogP contribution in [0.15, 0.2) is 54.6 Å². The molecule has 0 aromatic heterocycles. The predicted octanol–water partition coefficient (Wildman–Crippen LogP) is 6.60. The van der Waals surface area contributed by atoms with Crippen LogP contribution in [0.1, 0.15) is 28.7 Å². The molecule has 0 heterocycles. The van der Waals surface area contributed by atoms with Gasteiger partial charge in [-0.25, -0.2) is 0 Å². The molecule has 27 heavy (non-hydrogen) atoms. The fourth-order valence-electron chi connectivity index (χ4n) is 3.65. The fourth-order valence-corrected chi connectivity index (χ4v) is 3.90. The highest BCUT2D eigenvalue weighted by Crippen LogP contribution is 2.43. The third-order valence-electron chi connectivity index (χ3n) is 4.91. The summed E-state index contributed by atoms with van der Waals surface area (Å²) < 4.78 is 0. The van der Waals surface area contributed by atoms with E-state index in [0.29, 0.717) is 16.3 Å². The van der Waals surface area contributed by atoms with Crippen molar-refractivity contribution in [3.8, 4) is 17.2 Å². The Labute approximate surface area is 168 Å². The maximum absolute atomic E-state index is 9.69. The summed E-state index contributed by atoms with van der Waals surface area (Å²) in [7, 11) is 0. The van der Waals surface area contributed by atoms with Gasteiger partial charge in [0.15, 0.2) is 0 Å². The standard InChI is InChI=1S/C23H16Cl2N2/c24-17-6-1-14(2-7-17)11-16-5-10-19-20(16)12-22(27)21(13-26)23(19)15-3-8-18(25)9-4-15/h1-4,6-9,11-12H,5,10,27H2. The van der Waals surface area contributed by atoms with Crippen molar-refractivity contribution in [1.82, 2.24) is 0 Å². The molecule has 0 atom stereocenters. The lowest BCUT2D eigenvalue weighted by Gasteiger charge is -2.14. The molecule has 0 unspecified atom stereocenters. The van der Waals surface area contributed by atoms with Crippen molar-refractivity contribution in [2.45, 2.75) is 12.8 Å². The lowest BCUT2D eigenvalue weighted by atomic mass is 9.90. The summed E-state index contributed by atoms with van der Waals surface area (Å²) in [6.07, 6.45) is 3.95. The number of hydrogen-bond acceptors (Lipinski definition) is 2. The van der Waals surface area contributed by atoms with Gasteiger partial charge in [0.25, 0.3) is 0 Å². The SMILES string of the molecule is N#Cc1c(N)cc2c(c1-c1ccc(Cl)cc1)CCC2=Cc1ccc(Cl)cc1. The Morgan fingerprint density at radius 1 is 0.926 bits per heavy atom. The van der Waals surface area contributed by atoms with Gasteiger partial charge in [-0.05, 0) is 71.0 Å². The average Bonchev–Trinajstić information content (AvgIpc) is 3.05. The number of hydrogen-bond donors (Lipinski definition) is 1. The van der Waals surface area contributed by atoms with Crippen LogP contribution in [-0.2, 0) is 6.42 Å². The van der Waals surface area contributed by atoms with E-state index in [1.54, 1.807) is 0 Å². The molecular formula is C23H16Cl2N2. The van der Waals surface area contributed by atoms with E-state index in [0.717, 1.165) is 40.1 Å². The Hall–Kier alpha value is -2.73. The van der Waals surface area contributed by atoms with E-state index in [1.165, 1.54) is 11.1 Å². The van der Waals surface area contributed by atoms with Gasteiger partial charge in [0.1, 0.15) is 6.07 Å². The average molecular weight is 391 g/mol. The number of anilines is 1. The van der Waals surface area contributed by atoms with E-state index < -0.39 is 0 Å². The minimum absolute atomic E-state index is 0.505. The predicted molar refractivity (Wildman–Crippen MR) is 114 cm³/mol. The van der Waals surface area contributed by atoms with Gasteiger partial charge < -0.3 is 5.73 Å². The molecule has 1 aliphatic carbocycles. The molecule has 1 aliphatic rings. The van der Waals surface area contributed by atoms with E-state index in [2.05, 4.69) is 12.1 Å². The molecule has 4 heteroatoms. The quantitative estimate of drug-likeness (QED) is 0.500. The van der Waals surface area contributed by atoms with Gasteiger partial charge in [-0.15, -0.1) is 0 Å². The smallest absolute Gasteiger partial charge is 0.102 e. The highest BCUT2D eigenvalue weighted by molar-refractivity contribution is 6.30. The van der Waals surface area contributed by atoms with Gasteiger partial charge in [0.05, 0.1) is 11.3 Å². The second kappa shape index (κ2) is 7.12. The van der Waals surface area contributed by atoms with Crippen molar-refractivity contribution in [3.05, 3.63) is 86.9 Å². The molecule has 0 spiro atoms. The van der Waals surface area contributed by atoms with Crippen LogP contribution in [0.4, 0.5) is 5.69 Å². The Balaban J connectivity index is 1.89. The summed E-state index contributed by atoms with van der Waals surface area (Å²) in [5.74, 6) is 0. The number of fused-ring (bicyclic) bond motifs is 1. The monoisotopic (exact) mass is 390 g/mol. The van der Waals surface area contributed by atoms with Gasteiger partial charge in [0.2, 0.25) is 0 Å². The molecule has 0 saturated heterocycles. The summed E-state index contributed by atoms with van der Waals surface area (Å²) in [4.78, 5) is 0. The summed E-state index contributed by atoms with van der Waals surface area (Å²) >= 11 is 12.0. The Morgan fingerprint density at radius 3 is 2.19 bits per heavy atom. The first-order valence-electron chi connectivity index (χ1n) is 8.64. The van der Waals surface area contributed by atoms with Crippen molar-refractivity contribution in [2.75, 3.05) is 5.73 Å². The molecule has 0 aliphatic heterocycles. The van der Waals surface area contributed by atoms with Crippen molar-refractivity contribution in [3.63, 3.8) is 0 Å². The molecule has 0 saturated carbocycles. The minimum Gasteiger partial charge on any atom is -0.398 e. The molecule has 0 radical (unpaired) electrons. The van der Waals surface area contributed by atoms with Gasteiger partial charge >= 0.3 is 0 Å². The van der Waals surface area contributed by atoms with E-state index >= 15 is 0 Å². The number of benzene rings is 3. The normalized spacial score (nSPS) is 14.2. The van der Waals surface area contributed by atoms with E-state index in [9.17, 15) is 5.26 Å². The summed E-state index contributed by atoms with van der Waals surface area (Å²) in [6, 6.07) is 19.6. The molecule has 2 N–H and O–H groups in total. The zero-order chi connectivity index (χ0) is 19.0. The van der Waals surface area contributed by atoms with Crippen LogP contribution in [-0.4, -0.2) is 0 Å². The molecule has 3 aromatic carbocycles. The first kappa shape index (κ1) is 17.7. The van der Waals surface area contributed by atoms with E-state index in [4.69, 9.17) is 28.9 Å². The van der Waals surface area contributed by atoms with Gasteiger partial charge in [-0.1, -0.05) is 53.5 Å². The lowest BCUT2D eigenvalue weighted by molar-refractivity contribution is 1.08. The molecule has 132 valence electrons. The number of nitrogens with zero attached hydrogens (tertiary/aromatic N) is 1. The van der Waals surface area contributed by atoms with E-state index in [-0.39, 0.29) is 0 Å². The summed E-state index contributed by atoms with van der Waals surface area (Å²) in [6.45, 7) is 0. The van der Waals surface area contributed by atoms with E-state index in [1.807, 2.05) is 54.6 Å². The molecule has 3 aromatic rings. The van der Waals surface area contributed by atoms with Gasteiger partial charge in [-0.2, -0.15) is 5.26 Å². The molecule has 0 fully saturated rings. The molecular weight excluding hydrogens is 375 g/mol. The first-order valence-corrected chi connectivity index (χ1v) is 9.40. The molecule has 0 amide bonds. The zero-order valence-electron chi connectivity index (χ0n) is 14.5. The van der Waals surface area contributed by atoms with Crippen LogP contribution >= 0.6 is 23.2 Å². The fraction of sp³-hybridized carbons (Fsp3) is 0.0870. The lowest BCUT2D eigenvalue weighted by Crippen LogP contribution is -1.99. The maximum Gasteiger partial charge on any atom is 0.102 e. The van der Waals surface area contributed by atoms with Crippen LogP contribution in [0.25, 0.3) is 22.8 Å². The number of allylic oxidation sites excluding steroid dienone is 1. The van der Waals surface area contributed by atoms with Crippen molar-refractivity contribution in [1.29, 1.82) is 5.26 Å². The highest BCUT2D eigenvalue weighted by atomic mass is 35.5. The van der Waals surface area contributed by atoms with Crippen LogP contribution < -0.4 is 5.73 Å². The van der Waals surface area contributed by atoms with Crippen LogP contribution in [0.5, 0.6) is 0 Å². The molecule has 0 bridgehead atoms. The zero-order valence-corrected chi connectivity index (χ0v) is 16.0. The third kappa shape index (κ3) is 3.32. The van der Waals surface area contributed by atoms with Gasteiger partial charge in [0, 0.05) is 15.6 Å². The summed E-state index contributed by atoms with van der Waals surface area (Å²) in [5, 5.41) is 11.1. The number of nitrogen functional groups attached to an aromatic ring is 1. The van der Waals surface area contributed by atoms with Crippen molar-refractivity contribution in [2.24, 2.45) is 0 Å². The Morgan fingerprint density at radius 2 is 1.56 bits per heavy atom. The number of nitriles is 1. The Kier molecular flexibility index (Phi) is 4.66. The van der Waals surface area contributed by atoms with Gasteiger partial charge in [-0.3, -0.25) is 0 Å². The van der Waals surface area contributed by atoms with Crippen LogP contribution in [0.2, 0.25) is 10.0 Å². The Bertz CT molecular complexity index is 1090. The van der Waals surface area contributed by atoms with Crippen molar-refractivity contribution >= 4 is 40.5 Å². The number of rotatable bonds is 2. The first-order chi connectivity index (χ1) is 13.1.